The highest BCUT2D eigenvalue weighted by Crippen LogP contribution is 2.56. The van der Waals surface area contributed by atoms with Crippen LogP contribution >= 0.6 is 0 Å². The third-order valence-electron chi connectivity index (χ3n) is 4.72. The molecule has 5 N–H and O–H groups in total. The Hall–Kier alpha value is -1.48. The van der Waals surface area contributed by atoms with E-state index in [2.05, 4.69) is 10.1 Å². The molecule has 1 saturated heterocycles. The van der Waals surface area contributed by atoms with Crippen molar-refractivity contribution in [2.45, 2.75) is 36.4 Å². The molecule has 1 aliphatic carbocycles. The van der Waals surface area contributed by atoms with Crippen LogP contribution in [-0.2, 0) is 4.74 Å². The second-order valence-corrected chi connectivity index (χ2v) is 5.62. The van der Waals surface area contributed by atoms with Crippen LogP contribution in [0.5, 0.6) is 0 Å². The second-order valence-electron chi connectivity index (χ2n) is 5.62. The average molecular weight is 280 g/mol. The van der Waals surface area contributed by atoms with E-state index < -0.39 is 29.8 Å². The maximum atomic E-state index is 10.3. The van der Waals surface area contributed by atoms with Gasteiger partial charge in [-0.25, -0.2) is 4.99 Å². The number of nitrogens with two attached hydrogens (primary N) is 1. The predicted octanol–water partition coefficient (Wildman–Crippen LogP) is -2.26. The third kappa shape index (κ3) is 1.29. The van der Waals surface area contributed by atoms with Crippen molar-refractivity contribution in [3.63, 3.8) is 0 Å². The molecule has 0 amide bonds. The van der Waals surface area contributed by atoms with Crippen molar-refractivity contribution in [1.29, 1.82) is 0 Å². The predicted molar refractivity (Wildman–Crippen MR) is 68.6 cm³/mol. The lowest BCUT2D eigenvalue weighted by Crippen LogP contribution is -2.49. The van der Waals surface area contributed by atoms with Crippen LogP contribution in [0.4, 0.5) is 0 Å². The number of hydrazone groups is 1. The van der Waals surface area contributed by atoms with E-state index in [1.807, 2.05) is 6.08 Å². The molecule has 0 aromatic heterocycles. The Labute approximate surface area is 114 Å². The molecule has 3 aliphatic heterocycles. The van der Waals surface area contributed by atoms with Crippen molar-refractivity contribution in [2.75, 3.05) is 6.61 Å². The fourth-order valence-electron chi connectivity index (χ4n) is 3.53. The quantitative estimate of drug-likeness (QED) is 0.452. The fraction of sp³-hybridized carbons (Fsp3) is 0.667. The topological polar surface area (TPSA) is 124 Å². The van der Waals surface area contributed by atoms with E-state index >= 15 is 0 Å². The Bertz CT molecular complexity index is 548. The number of hydrogen-bond donors (Lipinski definition) is 4. The zero-order valence-corrected chi connectivity index (χ0v) is 10.6. The Kier molecular flexibility index (Phi) is 2.33. The van der Waals surface area contributed by atoms with Crippen LogP contribution in [0.1, 0.15) is 6.42 Å². The van der Waals surface area contributed by atoms with Gasteiger partial charge in [0.1, 0.15) is 24.1 Å². The normalized spacial score (nSPS) is 48.8. The highest BCUT2D eigenvalue weighted by Gasteiger charge is 2.76. The van der Waals surface area contributed by atoms with Gasteiger partial charge in [0.25, 0.3) is 0 Å². The molecule has 0 bridgehead atoms. The molecule has 2 fully saturated rings. The van der Waals surface area contributed by atoms with E-state index in [1.165, 1.54) is 6.34 Å². The summed E-state index contributed by atoms with van der Waals surface area (Å²) in [6.45, 7) is -0.194. The first-order valence-corrected chi connectivity index (χ1v) is 6.61. The van der Waals surface area contributed by atoms with Gasteiger partial charge in [0.15, 0.2) is 5.84 Å². The summed E-state index contributed by atoms with van der Waals surface area (Å²) >= 11 is 0. The van der Waals surface area contributed by atoms with E-state index in [0.717, 1.165) is 0 Å². The molecule has 0 spiro atoms. The van der Waals surface area contributed by atoms with E-state index in [4.69, 9.17) is 15.6 Å². The number of ether oxygens (including phenoxy) is 1. The molecular weight excluding hydrogens is 264 g/mol. The smallest absolute Gasteiger partial charge is 0.150 e. The average Bonchev–Trinajstić information content (AvgIpc) is 2.73. The molecule has 1 saturated carbocycles. The van der Waals surface area contributed by atoms with Crippen molar-refractivity contribution in [3.8, 4) is 0 Å². The van der Waals surface area contributed by atoms with Gasteiger partial charge in [-0.2, -0.15) is 5.10 Å². The lowest BCUT2D eigenvalue weighted by atomic mass is 9.98. The minimum Gasteiger partial charge on any atom is -0.396 e. The summed E-state index contributed by atoms with van der Waals surface area (Å²) in [7, 11) is 0. The summed E-state index contributed by atoms with van der Waals surface area (Å²) in [5.74, 6) is -0.0221. The lowest BCUT2D eigenvalue weighted by molar-refractivity contribution is -0.0767. The summed E-state index contributed by atoms with van der Waals surface area (Å²) < 4.78 is 5.73. The van der Waals surface area contributed by atoms with E-state index in [9.17, 15) is 10.2 Å². The van der Waals surface area contributed by atoms with Gasteiger partial charge in [-0.1, -0.05) is 6.08 Å². The van der Waals surface area contributed by atoms with Crippen molar-refractivity contribution in [2.24, 2.45) is 21.7 Å². The molecule has 0 aromatic carbocycles. The molecule has 3 heterocycles. The van der Waals surface area contributed by atoms with E-state index in [1.54, 1.807) is 5.01 Å². The number of amidine groups is 1. The Morgan fingerprint density at radius 3 is 3.00 bits per heavy atom. The number of hydrogen-bond acceptors (Lipinski definition) is 8. The fourth-order valence-corrected chi connectivity index (χ4v) is 3.53. The lowest BCUT2D eigenvalue weighted by Gasteiger charge is -2.33. The van der Waals surface area contributed by atoms with E-state index in [-0.39, 0.29) is 12.6 Å². The first kappa shape index (κ1) is 12.3. The first-order valence-electron chi connectivity index (χ1n) is 6.61. The van der Waals surface area contributed by atoms with Crippen LogP contribution in [0, 0.1) is 5.92 Å². The van der Waals surface area contributed by atoms with Gasteiger partial charge in [0.2, 0.25) is 0 Å². The number of aliphatic imine (C=N–C) groups is 1. The molecule has 1 unspecified atom stereocenters. The summed E-state index contributed by atoms with van der Waals surface area (Å²) in [6, 6.07) is -0.221. The SMILES string of the molecule is NC1=NC=NN2C1=CC[C@@H]2[C@@H]1O[C@@H]2C(CO)[C@]2(O)[C@H]1O. The van der Waals surface area contributed by atoms with Crippen LogP contribution in [0.3, 0.4) is 0 Å². The zero-order chi connectivity index (χ0) is 14.1. The molecule has 4 aliphatic rings. The van der Waals surface area contributed by atoms with Gasteiger partial charge in [0.05, 0.1) is 24.4 Å². The molecule has 20 heavy (non-hydrogen) atoms. The Balaban J connectivity index is 1.55. The van der Waals surface area contributed by atoms with Crippen molar-refractivity contribution >= 4 is 12.2 Å². The molecule has 0 aromatic rings. The summed E-state index contributed by atoms with van der Waals surface area (Å²) in [5, 5.41) is 35.6. The summed E-state index contributed by atoms with van der Waals surface area (Å²) in [6.07, 6.45) is 1.75. The Morgan fingerprint density at radius 1 is 1.55 bits per heavy atom. The molecule has 0 radical (unpaired) electrons. The molecule has 8 heteroatoms. The molecule has 4 rings (SSSR count). The van der Waals surface area contributed by atoms with Gasteiger partial charge in [0, 0.05) is 5.92 Å². The molecular formula is C12H16N4O4. The number of rotatable bonds is 2. The second kappa shape index (κ2) is 3.79. The van der Waals surface area contributed by atoms with Gasteiger partial charge in [-0.15, -0.1) is 0 Å². The monoisotopic (exact) mass is 280 g/mol. The van der Waals surface area contributed by atoms with Gasteiger partial charge >= 0.3 is 0 Å². The first-order chi connectivity index (χ1) is 9.59. The minimum atomic E-state index is -1.33. The van der Waals surface area contributed by atoms with Gasteiger partial charge in [-0.3, -0.25) is 5.01 Å². The highest BCUT2D eigenvalue weighted by molar-refractivity contribution is 6.02. The van der Waals surface area contributed by atoms with Crippen molar-refractivity contribution in [3.05, 3.63) is 11.8 Å². The third-order valence-corrected chi connectivity index (χ3v) is 4.72. The summed E-state index contributed by atoms with van der Waals surface area (Å²) in [4.78, 5) is 3.92. The highest BCUT2D eigenvalue weighted by atomic mass is 16.6. The maximum Gasteiger partial charge on any atom is 0.150 e. The van der Waals surface area contributed by atoms with Crippen LogP contribution in [-0.4, -0.2) is 69.1 Å². The van der Waals surface area contributed by atoms with Gasteiger partial charge < -0.3 is 25.8 Å². The minimum absolute atomic E-state index is 0.194. The van der Waals surface area contributed by atoms with Crippen LogP contribution in [0.15, 0.2) is 21.9 Å². The summed E-state index contributed by atoms with van der Waals surface area (Å²) in [5.41, 5.74) is 5.16. The van der Waals surface area contributed by atoms with E-state index in [0.29, 0.717) is 18.0 Å². The molecule has 8 nitrogen and oxygen atoms in total. The Morgan fingerprint density at radius 2 is 2.35 bits per heavy atom. The number of nitrogens with zero attached hydrogens (tertiary/aromatic N) is 3. The van der Waals surface area contributed by atoms with Crippen LogP contribution in [0.2, 0.25) is 0 Å². The standard InChI is InChI=1S/C12H16N4O4/c13-11-7-2-1-6(16(7)15-4-14-11)8-9(18)12(19)5(3-17)10(12)20-8/h2,4-6,8-10,17-19H,1,3H2,(H2,13,14,15)/t5?,6-,8+,9+,10-,12+/m1/s1. The number of aliphatic hydroxyl groups is 3. The van der Waals surface area contributed by atoms with Gasteiger partial charge in [-0.05, 0) is 6.42 Å². The molecule has 108 valence electrons. The van der Waals surface area contributed by atoms with Crippen molar-refractivity contribution < 1.29 is 20.1 Å². The van der Waals surface area contributed by atoms with Crippen LogP contribution < -0.4 is 5.73 Å². The van der Waals surface area contributed by atoms with Crippen LogP contribution in [0.25, 0.3) is 0 Å². The largest absolute Gasteiger partial charge is 0.396 e. The maximum absolute atomic E-state index is 10.3. The number of fused-ring (bicyclic) bond motifs is 2. The van der Waals surface area contributed by atoms with Crippen molar-refractivity contribution in [1.82, 2.24) is 5.01 Å². The number of aliphatic hydroxyl groups excluding tert-OH is 2. The molecule has 6 atom stereocenters. The zero-order valence-electron chi connectivity index (χ0n) is 10.6.